The number of hydrogen-bond acceptors (Lipinski definition) is 3. The second-order valence-corrected chi connectivity index (χ2v) is 5.92. The van der Waals surface area contributed by atoms with Crippen molar-refractivity contribution < 1.29 is 9.84 Å². The molecule has 1 aliphatic carbocycles. The van der Waals surface area contributed by atoms with Crippen LogP contribution in [-0.4, -0.2) is 24.8 Å². The SMILES string of the molecule is COc1cccc(C(O)CNC2CCCCCC2C)c1. The molecule has 0 aliphatic heterocycles. The Morgan fingerprint density at radius 1 is 1.30 bits per heavy atom. The molecule has 20 heavy (non-hydrogen) atoms. The van der Waals surface area contributed by atoms with Crippen molar-refractivity contribution in [3.8, 4) is 5.75 Å². The Labute approximate surface area is 122 Å². The van der Waals surface area contributed by atoms with E-state index < -0.39 is 6.10 Å². The van der Waals surface area contributed by atoms with Crippen LogP contribution >= 0.6 is 0 Å². The fourth-order valence-corrected chi connectivity index (χ4v) is 3.03. The van der Waals surface area contributed by atoms with Crippen LogP contribution in [0.15, 0.2) is 24.3 Å². The minimum absolute atomic E-state index is 0.472. The number of aliphatic hydroxyl groups excluding tert-OH is 1. The smallest absolute Gasteiger partial charge is 0.119 e. The van der Waals surface area contributed by atoms with Gasteiger partial charge in [-0.1, -0.05) is 38.3 Å². The number of nitrogens with one attached hydrogen (secondary N) is 1. The lowest BCUT2D eigenvalue weighted by molar-refractivity contribution is 0.163. The number of rotatable bonds is 5. The van der Waals surface area contributed by atoms with Crippen LogP contribution in [0.25, 0.3) is 0 Å². The van der Waals surface area contributed by atoms with Crippen LogP contribution in [0.1, 0.15) is 50.7 Å². The van der Waals surface area contributed by atoms with Crippen LogP contribution < -0.4 is 10.1 Å². The third-order valence-electron chi connectivity index (χ3n) is 4.41. The monoisotopic (exact) mass is 277 g/mol. The van der Waals surface area contributed by atoms with Gasteiger partial charge in [0.2, 0.25) is 0 Å². The van der Waals surface area contributed by atoms with E-state index in [4.69, 9.17) is 4.74 Å². The maximum Gasteiger partial charge on any atom is 0.119 e. The molecular weight excluding hydrogens is 250 g/mol. The van der Waals surface area contributed by atoms with Gasteiger partial charge in [0, 0.05) is 12.6 Å². The van der Waals surface area contributed by atoms with Crippen molar-refractivity contribution in [3.63, 3.8) is 0 Å². The van der Waals surface area contributed by atoms with Gasteiger partial charge in [-0.25, -0.2) is 0 Å². The van der Waals surface area contributed by atoms with Crippen LogP contribution in [0.4, 0.5) is 0 Å². The van der Waals surface area contributed by atoms with Crippen LogP contribution in [-0.2, 0) is 0 Å². The van der Waals surface area contributed by atoms with Gasteiger partial charge in [0.05, 0.1) is 13.2 Å². The largest absolute Gasteiger partial charge is 0.497 e. The molecule has 1 aliphatic rings. The highest BCUT2D eigenvalue weighted by Crippen LogP contribution is 2.24. The molecule has 0 spiro atoms. The molecule has 0 heterocycles. The summed E-state index contributed by atoms with van der Waals surface area (Å²) in [5.41, 5.74) is 0.915. The normalized spacial score (nSPS) is 24.9. The Hall–Kier alpha value is -1.06. The molecule has 1 aromatic rings. The van der Waals surface area contributed by atoms with E-state index in [9.17, 15) is 5.11 Å². The Balaban J connectivity index is 1.88. The lowest BCUT2D eigenvalue weighted by Gasteiger charge is -2.24. The third kappa shape index (κ3) is 4.22. The third-order valence-corrected chi connectivity index (χ3v) is 4.41. The number of ether oxygens (including phenoxy) is 1. The number of hydrogen-bond donors (Lipinski definition) is 2. The summed E-state index contributed by atoms with van der Waals surface area (Å²) in [6.07, 6.45) is 6.05. The Morgan fingerprint density at radius 2 is 2.10 bits per heavy atom. The quantitative estimate of drug-likeness (QED) is 0.812. The first-order valence-electron chi connectivity index (χ1n) is 7.76. The fourth-order valence-electron chi connectivity index (χ4n) is 3.03. The van der Waals surface area contributed by atoms with Gasteiger partial charge < -0.3 is 15.2 Å². The predicted molar refractivity (Wildman–Crippen MR) is 82.0 cm³/mol. The molecule has 2 rings (SSSR count). The van der Waals surface area contributed by atoms with Crippen LogP contribution in [0.5, 0.6) is 5.75 Å². The summed E-state index contributed by atoms with van der Waals surface area (Å²) in [5, 5.41) is 13.9. The van der Waals surface area contributed by atoms with Gasteiger partial charge in [0.15, 0.2) is 0 Å². The molecule has 3 unspecified atom stereocenters. The molecular formula is C17H27NO2. The zero-order valence-corrected chi connectivity index (χ0v) is 12.6. The van der Waals surface area contributed by atoms with E-state index in [0.29, 0.717) is 18.5 Å². The minimum atomic E-state index is -0.472. The van der Waals surface area contributed by atoms with Gasteiger partial charge in [0.1, 0.15) is 5.75 Å². The molecule has 2 N–H and O–H groups in total. The lowest BCUT2D eigenvalue weighted by Crippen LogP contribution is -2.37. The van der Waals surface area contributed by atoms with Gasteiger partial charge in [-0.2, -0.15) is 0 Å². The lowest BCUT2D eigenvalue weighted by atomic mass is 9.96. The summed E-state index contributed by atoms with van der Waals surface area (Å²) in [4.78, 5) is 0. The zero-order valence-electron chi connectivity index (χ0n) is 12.6. The first-order chi connectivity index (χ1) is 9.70. The van der Waals surface area contributed by atoms with E-state index >= 15 is 0 Å². The van der Waals surface area contributed by atoms with Crippen molar-refractivity contribution in [2.45, 2.75) is 51.2 Å². The second kappa shape index (κ2) is 7.65. The Morgan fingerprint density at radius 3 is 2.90 bits per heavy atom. The van der Waals surface area contributed by atoms with Crippen molar-refractivity contribution in [1.82, 2.24) is 5.32 Å². The van der Waals surface area contributed by atoms with Gasteiger partial charge in [-0.3, -0.25) is 0 Å². The van der Waals surface area contributed by atoms with E-state index in [-0.39, 0.29) is 0 Å². The average Bonchev–Trinajstić information content (AvgIpc) is 2.69. The van der Waals surface area contributed by atoms with E-state index in [1.54, 1.807) is 7.11 Å². The molecule has 1 fully saturated rings. The highest BCUT2D eigenvalue weighted by molar-refractivity contribution is 5.29. The summed E-state index contributed by atoms with van der Waals surface area (Å²) >= 11 is 0. The molecule has 1 saturated carbocycles. The Kier molecular flexibility index (Phi) is 5.86. The highest BCUT2D eigenvalue weighted by Gasteiger charge is 2.20. The van der Waals surface area contributed by atoms with Crippen molar-refractivity contribution in [3.05, 3.63) is 29.8 Å². The van der Waals surface area contributed by atoms with Gasteiger partial charge in [0.25, 0.3) is 0 Å². The molecule has 3 atom stereocenters. The fraction of sp³-hybridized carbons (Fsp3) is 0.647. The van der Waals surface area contributed by atoms with Crippen LogP contribution in [0.2, 0.25) is 0 Å². The van der Waals surface area contributed by atoms with Crippen molar-refractivity contribution >= 4 is 0 Å². The van der Waals surface area contributed by atoms with Crippen LogP contribution in [0, 0.1) is 5.92 Å². The summed E-state index contributed by atoms with van der Waals surface area (Å²) in [7, 11) is 1.65. The van der Waals surface area contributed by atoms with Crippen molar-refractivity contribution in [2.24, 2.45) is 5.92 Å². The molecule has 0 saturated heterocycles. The summed E-state index contributed by atoms with van der Waals surface area (Å²) < 4.78 is 5.20. The van der Waals surface area contributed by atoms with Gasteiger partial charge >= 0.3 is 0 Å². The minimum Gasteiger partial charge on any atom is -0.497 e. The predicted octanol–water partition coefficient (Wildman–Crippen LogP) is 3.29. The molecule has 3 nitrogen and oxygen atoms in total. The number of methoxy groups -OCH3 is 1. The Bertz CT molecular complexity index is 408. The van der Waals surface area contributed by atoms with Gasteiger partial charge in [-0.05, 0) is 36.5 Å². The summed E-state index contributed by atoms with van der Waals surface area (Å²) in [6, 6.07) is 8.22. The maximum atomic E-state index is 10.3. The van der Waals surface area contributed by atoms with Crippen molar-refractivity contribution in [1.29, 1.82) is 0 Å². The van der Waals surface area contributed by atoms with Crippen molar-refractivity contribution in [2.75, 3.05) is 13.7 Å². The van der Waals surface area contributed by atoms with Gasteiger partial charge in [-0.15, -0.1) is 0 Å². The van der Waals surface area contributed by atoms with E-state index in [1.165, 1.54) is 32.1 Å². The molecule has 112 valence electrons. The second-order valence-electron chi connectivity index (χ2n) is 5.92. The first kappa shape index (κ1) is 15.3. The number of aliphatic hydroxyl groups is 1. The molecule has 0 bridgehead atoms. The standard InChI is InChI=1S/C17H27NO2/c1-13-7-4-3-5-10-16(13)18-12-17(19)14-8-6-9-15(11-14)20-2/h6,8-9,11,13,16-19H,3-5,7,10,12H2,1-2H3. The highest BCUT2D eigenvalue weighted by atomic mass is 16.5. The molecule has 0 aromatic heterocycles. The summed E-state index contributed by atoms with van der Waals surface area (Å²) in [5.74, 6) is 1.50. The van der Waals surface area contributed by atoms with E-state index in [2.05, 4.69) is 12.2 Å². The average molecular weight is 277 g/mol. The maximum absolute atomic E-state index is 10.3. The first-order valence-corrected chi connectivity index (χ1v) is 7.76. The zero-order chi connectivity index (χ0) is 14.4. The molecule has 1 aromatic carbocycles. The molecule has 3 heteroatoms. The van der Waals surface area contributed by atoms with Crippen LogP contribution in [0.3, 0.4) is 0 Å². The topological polar surface area (TPSA) is 41.5 Å². The molecule has 0 radical (unpaired) electrons. The number of benzene rings is 1. The molecule has 0 amide bonds. The van der Waals surface area contributed by atoms with E-state index in [1.807, 2.05) is 24.3 Å². The summed E-state index contributed by atoms with van der Waals surface area (Å²) in [6.45, 7) is 2.93. The van der Waals surface area contributed by atoms with E-state index in [0.717, 1.165) is 11.3 Å².